The number of hydrogen-bond donors (Lipinski definition) is 1. The zero-order valence-corrected chi connectivity index (χ0v) is 12.9. The van der Waals surface area contributed by atoms with Crippen LogP contribution in [0.15, 0.2) is 5.16 Å². The molecule has 3 aliphatic carbocycles. The summed E-state index contributed by atoms with van der Waals surface area (Å²) in [5.41, 5.74) is 1.13. The lowest BCUT2D eigenvalue weighted by molar-refractivity contribution is 0.105. The van der Waals surface area contributed by atoms with Crippen LogP contribution in [0.2, 0.25) is 0 Å². The highest BCUT2D eigenvalue weighted by atomic mass is 16.4. The molecular weight excluding hydrogens is 248 g/mol. The van der Waals surface area contributed by atoms with Crippen LogP contribution in [0.3, 0.4) is 0 Å². The average Bonchev–Trinajstić information content (AvgIpc) is 3.10. The topological polar surface area (TPSA) is 35.8 Å². The van der Waals surface area contributed by atoms with E-state index in [0.29, 0.717) is 12.0 Å². The summed E-state index contributed by atoms with van der Waals surface area (Å²) < 4.78 is 0. The van der Waals surface area contributed by atoms with E-state index >= 15 is 0 Å². The minimum atomic E-state index is 0.466. The van der Waals surface area contributed by atoms with E-state index in [-0.39, 0.29) is 0 Å². The molecule has 0 saturated heterocycles. The van der Waals surface area contributed by atoms with Crippen molar-refractivity contribution < 1.29 is 5.21 Å². The van der Waals surface area contributed by atoms with Crippen molar-refractivity contribution in [1.29, 1.82) is 0 Å². The van der Waals surface area contributed by atoms with Gasteiger partial charge in [0.05, 0.1) is 11.8 Å². The fourth-order valence-electron chi connectivity index (χ4n) is 4.94. The van der Waals surface area contributed by atoms with Crippen molar-refractivity contribution in [1.82, 2.24) is 4.90 Å². The van der Waals surface area contributed by atoms with E-state index in [1.165, 1.54) is 70.8 Å². The maximum Gasteiger partial charge on any atom is 0.0775 e. The van der Waals surface area contributed by atoms with Crippen LogP contribution in [0, 0.1) is 11.8 Å². The van der Waals surface area contributed by atoms with Crippen LogP contribution in [-0.2, 0) is 0 Å². The van der Waals surface area contributed by atoms with Gasteiger partial charge in [-0.1, -0.05) is 37.8 Å². The molecule has 20 heavy (non-hydrogen) atoms. The van der Waals surface area contributed by atoms with Crippen LogP contribution in [-0.4, -0.2) is 34.4 Å². The van der Waals surface area contributed by atoms with Crippen molar-refractivity contribution in [3.05, 3.63) is 0 Å². The lowest BCUT2D eigenvalue weighted by Gasteiger charge is -2.42. The maximum absolute atomic E-state index is 9.49. The van der Waals surface area contributed by atoms with Gasteiger partial charge in [-0.3, -0.25) is 4.90 Å². The Hall–Kier alpha value is -0.570. The van der Waals surface area contributed by atoms with Crippen LogP contribution in [0.5, 0.6) is 0 Å². The summed E-state index contributed by atoms with van der Waals surface area (Å²) in [5, 5.41) is 13.2. The third-order valence-corrected chi connectivity index (χ3v) is 5.93. The minimum Gasteiger partial charge on any atom is -0.411 e. The summed E-state index contributed by atoms with van der Waals surface area (Å²) in [5.74, 6) is 1.35. The van der Waals surface area contributed by atoms with Crippen molar-refractivity contribution in [2.24, 2.45) is 17.0 Å². The minimum absolute atomic E-state index is 0.466. The van der Waals surface area contributed by atoms with Gasteiger partial charge < -0.3 is 5.21 Å². The Morgan fingerprint density at radius 1 is 1.15 bits per heavy atom. The predicted octanol–water partition coefficient (Wildman–Crippen LogP) is 4.05. The second-order valence-corrected chi connectivity index (χ2v) is 7.12. The van der Waals surface area contributed by atoms with Crippen LogP contribution in [0.4, 0.5) is 0 Å². The summed E-state index contributed by atoms with van der Waals surface area (Å²) in [6.07, 6.45) is 13.3. The summed E-state index contributed by atoms with van der Waals surface area (Å²) in [7, 11) is 0. The Bertz CT molecular complexity index is 349. The van der Waals surface area contributed by atoms with Crippen LogP contribution < -0.4 is 0 Å². The van der Waals surface area contributed by atoms with Gasteiger partial charge in [-0.05, 0) is 51.0 Å². The fourth-order valence-corrected chi connectivity index (χ4v) is 4.94. The molecule has 114 valence electrons. The molecule has 0 aromatic rings. The van der Waals surface area contributed by atoms with E-state index in [4.69, 9.17) is 0 Å². The van der Waals surface area contributed by atoms with Gasteiger partial charge in [0.25, 0.3) is 0 Å². The van der Waals surface area contributed by atoms with Gasteiger partial charge in [0.2, 0.25) is 0 Å². The first-order chi connectivity index (χ1) is 9.85. The standard InChI is InChI=1S/C17H30N2O/c1-2-3-11-19(15-7-5-4-6-8-15)17-14-10-9-13(12-14)16(17)18-20/h13-15,17,20H,2-12H2,1H3. The molecule has 0 heterocycles. The first-order valence-corrected chi connectivity index (χ1v) is 8.82. The molecule has 0 radical (unpaired) electrons. The van der Waals surface area contributed by atoms with Crippen molar-refractivity contribution in [2.45, 2.75) is 83.2 Å². The molecule has 0 amide bonds. The molecule has 3 nitrogen and oxygen atoms in total. The quantitative estimate of drug-likeness (QED) is 0.608. The van der Waals surface area contributed by atoms with Crippen LogP contribution >= 0.6 is 0 Å². The zero-order valence-electron chi connectivity index (χ0n) is 12.9. The van der Waals surface area contributed by atoms with Gasteiger partial charge in [0.15, 0.2) is 0 Å². The number of rotatable bonds is 5. The van der Waals surface area contributed by atoms with E-state index < -0.39 is 0 Å². The number of nitrogens with zero attached hydrogens (tertiary/aromatic N) is 2. The Kier molecular flexibility index (Phi) is 4.65. The van der Waals surface area contributed by atoms with E-state index in [1.807, 2.05) is 0 Å². The number of hydrogen-bond acceptors (Lipinski definition) is 3. The van der Waals surface area contributed by atoms with Crippen molar-refractivity contribution >= 4 is 5.71 Å². The molecule has 3 unspecified atom stereocenters. The fraction of sp³-hybridized carbons (Fsp3) is 0.941. The number of unbranched alkanes of at least 4 members (excludes halogenated alkanes) is 1. The first-order valence-electron chi connectivity index (χ1n) is 8.82. The second-order valence-electron chi connectivity index (χ2n) is 7.12. The third kappa shape index (κ3) is 2.61. The van der Waals surface area contributed by atoms with E-state index in [0.717, 1.165) is 17.7 Å². The lowest BCUT2D eigenvalue weighted by atomic mass is 9.87. The van der Waals surface area contributed by atoms with Crippen molar-refractivity contribution in [2.75, 3.05) is 6.54 Å². The maximum atomic E-state index is 9.49. The molecule has 0 aliphatic heterocycles. The van der Waals surface area contributed by atoms with Gasteiger partial charge in [-0.25, -0.2) is 0 Å². The van der Waals surface area contributed by atoms with E-state index in [1.54, 1.807) is 0 Å². The molecule has 1 N–H and O–H groups in total. The highest BCUT2D eigenvalue weighted by molar-refractivity contribution is 5.94. The van der Waals surface area contributed by atoms with E-state index in [2.05, 4.69) is 17.0 Å². The second kappa shape index (κ2) is 6.46. The number of fused-ring (bicyclic) bond motifs is 2. The Labute approximate surface area is 123 Å². The van der Waals surface area contributed by atoms with Crippen molar-refractivity contribution in [3.63, 3.8) is 0 Å². The Morgan fingerprint density at radius 3 is 2.65 bits per heavy atom. The summed E-state index contributed by atoms with van der Waals surface area (Å²) in [4.78, 5) is 2.75. The molecule has 3 aliphatic rings. The van der Waals surface area contributed by atoms with E-state index in [9.17, 15) is 5.21 Å². The van der Waals surface area contributed by atoms with Crippen LogP contribution in [0.1, 0.15) is 71.1 Å². The van der Waals surface area contributed by atoms with Gasteiger partial charge >= 0.3 is 0 Å². The number of oxime groups is 1. The van der Waals surface area contributed by atoms with Gasteiger partial charge in [-0.15, -0.1) is 0 Å². The van der Waals surface area contributed by atoms with Gasteiger partial charge in [0.1, 0.15) is 0 Å². The smallest absolute Gasteiger partial charge is 0.0775 e. The molecule has 0 aromatic heterocycles. The molecule has 3 rings (SSSR count). The average molecular weight is 278 g/mol. The highest BCUT2D eigenvalue weighted by Crippen LogP contribution is 2.46. The van der Waals surface area contributed by atoms with Gasteiger partial charge in [-0.2, -0.15) is 0 Å². The normalized spacial score (nSPS) is 36.3. The zero-order chi connectivity index (χ0) is 13.9. The predicted molar refractivity (Wildman–Crippen MR) is 82.3 cm³/mol. The molecule has 0 spiro atoms. The highest BCUT2D eigenvalue weighted by Gasteiger charge is 2.49. The monoisotopic (exact) mass is 278 g/mol. The molecular formula is C17H30N2O. The molecule has 2 bridgehead atoms. The Balaban J connectivity index is 1.77. The first kappa shape index (κ1) is 14.4. The summed E-state index contributed by atoms with van der Waals surface area (Å²) in [6.45, 7) is 3.48. The van der Waals surface area contributed by atoms with Crippen molar-refractivity contribution in [3.8, 4) is 0 Å². The largest absolute Gasteiger partial charge is 0.411 e. The molecule has 3 heteroatoms. The molecule has 0 aromatic carbocycles. The van der Waals surface area contributed by atoms with Gasteiger partial charge in [0, 0.05) is 12.0 Å². The third-order valence-electron chi connectivity index (χ3n) is 5.93. The SMILES string of the molecule is CCCCN(C1CCCCC1)C1C(=NO)C2CCC1C2. The van der Waals surface area contributed by atoms with Crippen LogP contribution in [0.25, 0.3) is 0 Å². The molecule has 3 atom stereocenters. The molecule has 3 fully saturated rings. The molecule has 3 saturated carbocycles. The summed E-state index contributed by atoms with van der Waals surface area (Å²) in [6, 6.07) is 1.21. The summed E-state index contributed by atoms with van der Waals surface area (Å²) >= 11 is 0. The lowest BCUT2D eigenvalue weighted by Crippen LogP contribution is -2.51. The Morgan fingerprint density at radius 2 is 1.95 bits per heavy atom.